The summed E-state index contributed by atoms with van der Waals surface area (Å²) in [6.45, 7) is 0. The molecule has 0 spiro atoms. The summed E-state index contributed by atoms with van der Waals surface area (Å²) in [6, 6.07) is 11.8. The fraction of sp³-hybridized carbons (Fsp3) is 0.111. The number of hydrogen-bond donors (Lipinski definition) is 1. The van der Waals surface area contributed by atoms with Gasteiger partial charge in [-0.2, -0.15) is 5.10 Å². The molecule has 0 bridgehead atoms. The van der Waals surface area contributed by atoms with Crippen molar-refractivity contribution < 1.29 is 9.00 Å². The van der Waals surface area contributed by atoms with Crippen LogP contribution in [0.4, 0.5) is 5.82 Å². The van der Waals surface area contributed by atoms with Gasteiger partial charge in [0.1, 0.15) is 5.82 Å². The Bertz CT molecular complexity index is 1100. The predicted octanol–water partition coefficient (Wildman–Crippen LogP) is 4.85. The average molecular weight is 441 g/mol. The highest BCUT2D eigenvalue weighted by Gasteiger charge is 2.28. The topological polar surface area (TPSA) is 64.0 Å². The van der Waals surface area contributed by atoms with E-state index in [-0.39, 0.29) is 10.6 Å². The summed E-state index contributed by atoms with van der Waals surface area (Å²) in [5.74, 6) is 0.752. The van der Waals surface area contributed by atoms with Gasteiger partial charge in [0.05, 0.1) is 33.5 Å². The Morgan fingerprint density at radius 3 is 2.59 bits per heavy atom. The molecule has 1 aliphatic rings. The van der Waals surface area contributed by atoms with Crippen molar-refractivity contribution in [3.8, 4) is 5.69 Å². The van der Waals surface area contributed by atoms with Crippen molar-refractivity contribution in [1.82, 2.24) is 9.78 Å². The van der Waals surface area contributed by atoms with Crippen molar-refractivity contribution in [2.45, 2.75) is 11.5 Å². The molecular weight excluding hydrogens is 429 g/mol. The Kier molecular flexibility index (Phi) is 4.99. The standard InChI is InChI=1S/C18H12Cl3N3O2S/c19-10-2-1-3-12(6-10)24-17(14-8-27(26)9-16(14)23-24)22-18(25)13-5-4-11(20)7-15(13)21/h1-7H,8-9H2,(H,22,25)/t27-/m0/s1. The molecule has 0 saturated heterocycles. The predicted molar refractivity (Wildman–Crippen MR) is 109 cm³/mol. The smallest absolute Gasteiger partial charge is 0.258 e. The largest absolute Gasteiger partial charge is 0.306 e. The highest BCUT2D eigenvalue weighted by molar-refractivity contribution is 7.83. The molecule has 1 aromatic heterocycles. The maximum Gasteiger partial charge on any atom is 0.258 e. The van der Waals surface area contributed by atoms with Crippen LogP contribution in [0.15, 0.2) is 42.5 Å². The third-order valence-electron chi connectivity index (χ3n) is 4.13. The summed E-state index contributed by atoms with van der Waals surface area (Å²) in [5, 5.41) is 8.63. The van der Waals surface area contributed by atoms with E-state index in [4.69, 9.17) is 34.8 Å². The van der Waals surface area contributed by atoms with Crippen LogP contribution in [0.3, 0.4) is 0 Å². The Labute approximate surface area is 172 Å². The maximum atomic E-state index is 12.8. The zero-order chi connectivity index (χ0) is 19.1. The van der Waals surface area contributed by atoms with Gasteiger partial charge in [-0.15, -0.1) is 0 Å². The average Bonchev–Trinajstić information content (AvgIpc) is 3.12. The quantitative estimate of drug-likeness (QED) is 0.633. The number of carbonyl (C=O) groups is 1. The SMILES string of the molecule is O=C(Nc1c2c(nn1-c1cccc(Cl)c1)C[S@@](=O)C2)c1ccc(Cl)cc1Cl. The van der Waals surface area contributed by atoms with E-state index in [9.17, 15) is 9.00 Å². The van der Waals surface area contributed by atoms with E-state index in [0.717, 1.165) is 5.56 Å². The molecule has 0 radical (unpaired) electrons. The number of aromatic nitrogens is 2. The molecule has 1 atom stereocenters. The molecular formula is C18H12Cl3N3O2S. The Morgan fingerprint density at radius 2 is 1.85 bits per heavy atom. The van der Waals surface area contributed by atoms with Gasteiger partial charge < -0.3 is 5.32 Å². The van der Waals surface area contributed by atoms with Gasteiger partial charge in [0, 0.05) is 26.4 Å². The van der Waals surface area contributed by atoms with Crippen LogP contribution in [0.25, 0.3) is 5.69 Å². The van der Waals surface area contributed by atoms with Crippen molar-refractivity contribution in [3.63, 3.8) is 0 Å². The van der Waals surface area contributed by atoms with Gasteiger partial charge in [-0.25, -0.2) is 4.68 Å². The summed E-state index contributed by atoms with van der Waals surface area (Å²) >= 11 is 18.1. The molecule has 4 rings (SSSR count). The Hall–Kier alpha value is -1.86. The van der Waals surface area contributed by atoms with Crippen LogP contribution in [-0.4, -0.2) is 19.9 Å². The van der Waals surface area contributed by atoms with Gasteiger partial charge in [0.2, 0.25) is 0 Å². The molecule has 1 amide bonds. The number of hydrogen-bond acceptors (Lipinski definition) is 3. The molecule has 0 fully saturated rings. The van der Waals surface area contributed by atoms with E-state index < -0.39 is 16.7 Å². The molecule has 3 aromatic rings. The van der Waals surface area contributed by atoms with Crippen LogP contribution >= 0.6 is 34.8 Å². The van der Waals surface area contributed by atoms with E-state index in [1.807, 2.05) is 6.07 Å². The van der Waals surface area contributed by atoms with Crippen molar-refractivity contribution >= 4 is 57.3 Å². The fourth-order valence-electron chi connectivity index (χ4n) is 2.90. The molecule has 2 aromatic carbocycles. The number of nitrogens with zero attached hydrogens (tertiary/aromatic N) is 2. The van der Waals surface area contributed by atoms with Crippen molar-refractivity contribution in [2.24, 2.45) is 0 Å². The van der Waals surface area contributed by atoms with Gasteiger partial charge in [-0.3, -0.25) is 9.00 Å². The zero-order valence-corrected chi connectivity index (χ0v) is 16.8. The molecule has 27 heavy (non-hydrogen) atoms. The van der Waals surface area contributed by atoms with Crippen LogP contribution in [0.5, 0.6) is 0 Å². The number of halogens is 3. The number of nitrogens with one attached hydrogen (secondary N) is 1. The third-order valence-corrected chi connectivity index (χ3v) is 6.12. The van der Waals surface area contributed by atoms with E-state index in [1.165, 1.54) is 6.07 Å². The number of rotatable bonds is 3. The summed E-state index contributed by atoms with van der Waals surface area (Å²) in [4.78, 5) is 12.8. The van der Waals surface area contributed by atoms with Crippen molar-refractivity contribution in [1.29, 1.82) is 0 Å². The lowest BCUT2D eigenvalue weighted by Crippen LogP contribution is -2.17. The van der Waals surface area contributed by atoms with Gasteiger partial charge in [0.25, 0.3) is 5.91 Å². The number of amides is 1. The third kappa shape index (κ3) is 3.62. The first-order valence-corrected chi connectivity index (χ1v) is 10.5. The summed E-state index contributed by atoms with van der Waals surface area (Å²) in [7, 11) is -1.03. The van der Waals surface area contributed by atoms with Crippen molar-refractivity contribution in [3.05, 3.63) is 74.4 Å². The monoisotopic (exact) mass is 439 g/mol. The normalized spacial score (nSPS) is 15.6. The summed E-state index contributed by atoms with van der Waals surface area (Å²) in [6.07, 6.45) is 0. The first-order chi connectivity index (χ1) is 12.9. The molecule has 5 nitrogen and oxygen atoms in total. The second-order valence-electron chi connectivity index (χ2n) is 5.97. The number of anilines is 1. The molecule has 0 saturated carbocycles. The lowest BCUT2D eigenvalue weighted by molar-refractivity contribution is 0.102. The lowest BCUT2D eigenvalue weighted by Gasteiger charge is -2.12. The van der Waals surface area contributed by atoms with E-state index in [1.54, 1.807) is 35.0 Å². The number of benzene rings is 2. The zero-order valence-electron chi connectivity index (χ0n) is 13.7. The minimum absolute atomic E-state index is 0.244. The molecule has 0 aliphatic carbocycles. The second-order valence-corrected chi connectivity index (χ2v) is 8.71. The fourth-order valence-corrected chi connectivity index (χ4v) is 4.84. The van der Waals surface area contributed by atoms with E-state index in [0.29, 0.717) is 38.8 Å². The first-order valence-electron chi connectivity index (χ1n) is 7.90. The lowest BCUT2D eigenvalue weighted by atomic mass is 10.2. The highest BCUT2D eigenvalue weighted by atomic mass is 35.5. The Balaban J connectivity index is 1.77. The summed E-state index contributed by atoms with van der Waals surface area (Å²) in [5.41, 5.74) is 2.44. The van der Waals surface area contributed by atoms with E-state index >= 15 is 0 Å². The minimum Gasteiger partial charge on any atom is -0.306 e. The molecule has 1 aliphatic heterocycles. The minimum atomic E-state index is -1.03. The number of fused-ring (bicyclic) bond motifs is 1. The van der Waals surface area contributed by atoms with Crippen LogP contribution in [0.1, 0.15) is 21.6 Å². The van der Waals surface area contributed by atoms with Gasteiger partial charge >= 0.3 is 0 Å². The Morgan fingerprint density at radius 1 is 1.07 bits per heavy atom. The molecule has 138 valence electrons. The van der Waals surface area contributed by atoms with Crippen LogP contribution in [0.2, 0.25) is 15.1 Å². The van der Waals surface area contributed by atoms with Gasteiger partial charge in [0.15, 0.2) is 0 Å². The molecule has 2 heterocycles. The maximum absolute atomic E-state index is 12.8. The van der Waals surface area contributed by atoms with Gasteiger partial charge in [-0.1, -0.05) is 40.9 Å². The summed E-state index contributed by atoms with van der Waals surface area (Å²) < 4.78 is 13.6. The van der Waals surface area contributed by atoms with Crippen LogP contribution in [0, 0.1) is 0 Å². The molecule has 9 heteroatoms. The number of carbonyl (C=O) groups excluding carboxylic acids is 1. The van der Waals surface area contributed by atoms with Crippen LogP contribution in [-0.2, 0) is 22.3 Å². The molecule has 1 N–H and O–H groups in total. The van der Waals surface area contributed by atoms with Crippen LogP contribution < -0.4 is 5.32 Å². The second kappa shape index (κ2) is 7.28. The first kappa shape index (κ1) is 18.5. The highest BCUT2D eigenvalue weighted by Crippen LogP contribution is 2.32. The van der Waals surface area contributed by atoms with Gasteiger partial charge in [-0.05, 0) is 36.4 Å². The van der Waals surface area contributed by atoms with Crippen molar-refractivity contribution in [2.75, 3.05) is 5.32 Å². The molecule has 0 unspecified atom stereocenters. The van der Waals surface area contributed by atoms with E-state index in [2.05, 4.69) is 10.4 Å².